The maximum atomic E-state index is 12.4. The predicted octanol–water partition coefficient (Wildman–Crippen LogP) is 0.288. The van der Waals surface area contributed by atoms with Crippen molar-refractivity contribution in [3.05, 3.63) is 17.5 Å². The molecule has 0 spiro atoms. The molecule has 0 unspecified atom stereocenters. The van der Waals surface area contributed by atoms with Crippen molar-refractivity contribution in [3.8, 4) is 0 Å². The highest BCUT2D eigenvalue weighted by Gasteiger charge is 2.51. The van der Waals surface area contributed by atoms with Gasteiger partial charge in [-0.3, -0.25) is 14.8 Å². The van der Waals surface area contributed by atoms with Gasteiger partial charge in [0.1, 0.15) is 5.60 Å². The van der Waals surface area contributed by atoms with Crippen molar-refractivity contribution >= 4 is 18.0 Å². The van der Waals surface area contributed by atoms with Crippen molar-refractivity contribution in [1.82, 2.24) is 25.7 Å². The van der Waals surface area contributed by atoms with Gasteiger partial charge in [-0.1, -0.05) is 0 Å². The van der Waals surface area contributed by atoms with Gasteiger partial charge in [0, 0.05) is 7.05 Å². The van der Waals surface area contributed by atoms with E-state index in [-0.39, 0.29) is 6.54 Å². The number of alkyl carbamates (subject to hydrolysis) is 1. The van der Waals surface area contributed by atoms with Gasteiger partial charge < -0.3 is 15.4 Å². The van der Waals surface area contributed by atoms with E-state index >= 15 is 0 Å². The highest BCUT2D eigenvalue weighted by atomic mass is 16.6. The molecule has 9 heteroatoms. The Kier molecular flexibility index (Phi) is 4.06. The van der Waals surface area contributed by atoms with E-state index in [1.54, 1.807) is 40.9 Å². The number of hydrogen-bond donors (Lipinski definition) is 3. The Hall–Kier alpha value is -2.58. The number of amides is 4. The molecule has 23 heavy (non-hydrogen) atoms. The molecular weight excluding hydrogens is 302 g/mol. The zero-order valence-electron chi connectivity index (χ0n) is 13.8. The fraction of sp³-hybridized carbons (Fsp3) is 0.571. The summed E-state index contributed by atoms with van der Waals surface area (Å²) >= 11 is 0. The molecule has 0 aliphatic carbocycles. The van der Waals surface area contributed by atoms with E-state index in [1.807, 2.05) is 0 Å². The first-order chi connectivity index (χ1) is 10.5. The third-order valence-electron chi connectivity index (χ3n) is 3.36. The first kappa shape index (κ1) is 16.8. The van der Waals surface area contributed by atoms with Crippen molar-refractivity contribution in [3.63, 3.8) is 0 Å². The molecule has 2 heterocycles. The smallest absolute Gasteiger partial charge is 0.407 e. The molecule has 0 bridgehead atoms. The summed E-state index contributed by atoms with van der Waals surface area (Å²) in [6, 6.07) is -0.624. The van der Waals surface area contributed by atoms with E-state index in [1.165, 1.54) is 4.68 Å². The molecule has 1 aromatic rings. The number of hydrogen-bond acceptors (Lipinski definition) is 5. The number of rotatable bonds is 3. The zero-order valence-corrected chi connectivity index (χ0v) is 13.8. The lowest BCUT2D eigenvalue weighted by Gasteiger charge is -2.28. The van der Waals surface area contributed by atoms with Gasteiger partial charge in [0.2, 0.25) is 0 Å². The maximum Gasteiger partial charge on any atom is 0.407 e. The number of nitrogens with one attached hydrogen (secondary N) is 3. The van der Waals surface area contributed by atoms with Crippen molar-refractivity contribution < 1.29 is 19.1 Å². The zero-order chi connectivity index (χ0) is 17.4. The van der Waals surface area contributed by atoms with E-state index in [2.05, 4.69) is 21.0 Å². The van der Waals surface area contributed by atoms with Crippen LogP contribution in [-0.2, 0) is 22.1 Å². The SMILES string of the molecule is Cc1cnn(C)c1[C@@]1(CNC(=O)OC(C)(C)C)NC(=O)NC1=O. The molecular formula is C14H21N5O4. The number of ether oxygens (including phenoxy) is 1. The first-order valence-electron chi connectivity index (χ1n) is 7.15. The van der Waals surface area contributed by atoms with Crippen molar-refractivity contribution in [2.75, 3.05) is 6.54 Å². The summed E-state index contributed by atoms with van der Waals surface area (Å²) in [5, 5.41) is 11.4. The van der Waals surface area contributed by atoms with Gasteiger partial charge in [-0.05, 0) is 33.3 Å². The summed E-state index contributed by atoms with van der Waals surface area (Å²) in [6.07, 6.45) is 0.910. The second-order valence-corrected chi connectivity index (χ2v) is 6.47. The van der Waals surface area contributed by atoms with Crippen LogP contribution in [-0.4, -0.2) is 40.0 Å². The minimum atomic E-state index is -1.43. The van der Waals surface area contributed by atoms with Crippen LogP contribution in [0.1, 0.15) is 32.0 Å². The topological polar surface area (TPSA) is 114 Å². The fourth-order valence-electron chi connectivity index (χ4n) is 2.55. The van der Waals surface area contributed by atoms with Crippen molar-refractivity contribution in [1.29, 1.82) is 0 Å². The monoisotopic (exact) mass is 323 g/mol. The van der Waals surface area contributed by atoms with Crippen LogP contribution in [0.2, 0.25) is 0 Å². The van der Waals surface area contributed by atoms with E-state index in [0.29, 0.717) is 5.69 Å². The maximum absolute atomic E-state index is 12.4. The van der Waals surface area contributed by atoms with Gasteiger partial charge in [0.05, 0.1) is 18.4 Å². The van der Waals surface area contributed by atoms with Gasteiger partial charge in [0.25, 0.3) is 5.91 Å². The van der Waals surface area contributed by atoms with Gasteiger partial charge in [-0.2, -0.15) is 5.10 Å². The van der Waals surface area contributed by atoms with Crippen LogP contribution < -0.4 is 16.0 Å². The molecule has 9 nitrogen and oxygen atoms in total. The molecule has 4 amide bonds. The standard InChI is InChI=1S/C14H21N5O4/c1-8-6-16-19(5)9(8)14(10(20)17-11(21)18-14)7-15-12(22)23-13(2,3)4/h6H,7H2,1-5H3,(H,15,22)(H2,17,18,20,21)/t14-/m1/s1. The first-order valence-corrected chi connectivity index (χ1v) is 7.15. The molecule has 1 aromatic heterocycles. The molecule has 1 aliphatic heterocycles. The molecule has 0 aromatic carbocycles. The lowest BCUT2D eigenvalue weighted by molar-refractivity contribution is -0.124. The van der Waals surface area contributed by atoms with Crippen LogP contribution in [0.25, 0.3) is 0 Å². The minimum Gasteiger partial charge on any atom is -0.444 e. The summed E-state index contributed by atoms with van der Waals surface area (Å²) in [5.41, 5.74) is -0.878. The fourth-order valence-corrected chi connectivity index (χ4v) is 2.55. The molecule has 1 fully saturated rings. The van der Waals surface area contributed by atoms with Crippen LogP contribution >= 0.6 is 0 Å². The molecule has 1 aliphatic rings. The second kappa shape index (κ2) is 5.56. The third-order valence-corrected chi connectivity index (χ3v) is 3.36. The van der Waals surface area contributed by atoms with E-state index in [9.17, 15) is 14.4 Å². The van der Waals surface area contributed by atoms with Crippen LogP contribution in [0.3, 0.4) is 0 Å². The largest absolute Gasteiger partial charge is 0.444 e. The van der Waals surface area contributed by atoms with Gasteiger partial charge in [0.15, 0.2) is 5.54 Å². The average Bonchev–Trinajstić information content (AvgIpc) is 2.86. The molecule has 2 rings (SSSR count). The van der Waals surface area contributed by atoms with Gasteiger partial charge in [-0.15, -0.1) is 0 Å². The minimum absolute atomic E-state index is 0.153. The summed E-state index contributed by atoms with van der Waals surface area (Å²) in [6.45, 7) is 6.82. The van der Waals surface area contributed by atoms with Crippen LogP contribution in [0, 0.1) is 6.92 Å². The molecule has 1 saturated heterocycles. The number of aromatic nitrogens is 2. The van der Waals surface area contributed by atoms with Crippen LogP contribution in [0.4, 0.5) is 9.59 Å². The third kappa shape index (κ3) is 3.27. The molecule has 3 N–H and O–H groups in total. The van der Waals surface area contributed by atoms with Gasteiger partial charge in [-0.25, -0.2) is 9.59 Å². The highest BCUT2D eigenvalue weighted by Crippen LogP contribution is 2.27. The van der Waals surface area contributed by atoms with E-state index in [0.717, 1.165) is 5.56 Å². The number of aryl methyl sites for hydroxylation is 2. The Bertz CT molecular complexity index is 641. The summed E-state index contributed by atoms with van der Waals surface area (Å²) in [5.74, 6) is -0.551. The summed E-state index contributed by atoms with van der Waals surface area (Å²) < 4.78 is 6.66. The summed E-state index contributed by atoms with van der Waals surface area (Å²) in [4.78, 5) is 35.9. The van der Waals surface area contributed by atoms with Crippen molar-refractivity contribution in [2.45, 2.75) is 38.8 Å². The Morgan fingerprint density at radius 3 is 2.52 bits per heavy atom. The lowest BCUT2D eigenvalue weighted by Crippen LogP contribution is -2.54. The summed E-state index contributed by atoms with van der Waals surface area (Å²) in [7, 11) is 1.66. The number of carbonyl (C=O) groups is 3. The number of carbonyl (C=O) groups excluding carboxylic acids is 3. The van der Waals surface area contributed by atoms with Crippen LogP contribution in [0.15, 0.2) is 6.20 Å². The second-order valence-electron chi connectivity index (χ2n) is 6.47. The average molecular weight is 323 g/mol. The number of nitrogens with zero attached hydrogens (tertiary/aromatic N) is 2. The highest BCUT2D eigenvalue weighted by molar-refractivity contribution is 6.07. The Morgan fingerprint density at radius 1 is 1.43 bits per heavy atom. The predicted molar refractivity (Wildman–Crippen MR) is 80.5 cm³/mol. The van der Waals surface area contributed by atoms with E-state index in [4.69, 9.17) is 4.74 Å². The number of urea groups is 1. The molecule has 126 valence electrons. The lowest BCUT2D eigenvalue weighted by atomic mass is 9.92. The van der Waals surface area contributed by atoms with Crippen molar-refractivity contribution in [2.24, 2.45) is 7.05 Å². The number of imide groups is 1. The quantitative estimate of drug-likeness (QED) is 0.692. The van der Waals surface area contributed by atoms with Gasteiger partial charge >= 0.3 is 12.1 Å². The Morgan fingerprint density at radius 2 is 2.09 bits per heavy atom. The molecule has 1 atom stereocenters. The van der Waals surface area contributed by atoms with E-state index < -0.39 is 29.2 Å². The Labute approximate surface area is 133 Å². The normalized spacial score (nSPS) is 20.9. The van der Waals surface area contributed by atoms with Crippen LogP contribution in [0.5, 0.6) is 0 Å². The molecule has 0 radical (unpaired) electrons. The Balaban J connectivity index is 2.29. The molecule has 0 saturated carbocycles.